The lowest BCUT2D eigenvalue weighted by Crippen LogP contribution is -2.23. The Kier molecular flexibility index (Phi) is 4.12. The molecule has 2 atom stereocenters. The van der Waals surface area contributed by atoms with Crippen molar-refractivity contribution >= 4 is 22.9 Å². The number of aliphatic hydroxyl groups is 1. The average Bonchev–Trinajstić information content (AvgIpc) is 3.09. The van der Waals surface area contributed by atoms with Crippen LogP contribution < -0.4 is 0 Å². The summed E-state index contributed by atoms with van der Waals surface area (Å²) in [6.45, 7) is 4.60. The van der Waals surface area contributed by atoms with Crippen LogP contribution >= 0.6 is 22.9 Å². The molecule has 1 fully saturated rings. The van der Waals surface area contributed by atoms with Gasteiger partial charge in [-0.3, -0.25) is 4.90 Å². The Morgan fingerprint density at radius 1 is 1.60 bits per heavy atom. The summed E-state index contributed by atoms with van der Waals surface area (Å²) in [4.78, 5) is 3.34. The van der Waals surface area contributed by atoms with Gasteiger partial charge in [-0.1, -0.05) is 16.8 Å². The molecule has 108 valence electrons. The lowest BCUT2D eigenvalue weighted by Gasteiger charge is -2.16. The number of rotatable bonds is 4. The molecule has 2 aromatic heterocycles. The molecular formula is C14H17ClN2O2S. The summed E-state index contributed by atoms with van der Waals surface area (Å²) in [6, 6.07) is 3.83. The average molecular weight is 313 g/mol. The van der Waals surface area contributed by atoms with Crippen molar-refractivity contribution < 1.29 is 9.63 Å². The summed E-state index contributed by atoms with van der Waals surface area (Å²) in [5.41, 5.74) is 1.08. The van der Waals surface area contributed by atoms with Gasteiger partial charge in [-0.15, -0.1) is 11.3 Å². The van der Waals surface area contributed by atoms with Crippen molar-refractivity contribution in [2.24, 2.45) is 5.92 Å². The number of nitrogens with zero attached hydrogens (tertiary/aromatic N) is 2. The number of halogens is 1. The summed E-state index contributed by atoms with van der Waals surface area (Å²) >= 11 is 7.47. The van der Waals surface area contributed by atoms with E-state index in [4.69, 9.17) is 16.1 Å². The zero-order valence-electron chi connectivity index (χ0n) is 11.3. The van der Waals surface area contributed by atoms with Crippen LogP contribution in [0.2, 0.25) is 4.34 Å². The van der Waals surface area contributed by atoms with Crippen LogP contribution in [0.3, 0.4) is 0 Å². The maximum absolute atomic E-state index is 9.66. The van der Waals surface area contributed by atoms with Gasteiger partial charge in [-0.25, -0.2) is 0 Å². The third kappa shape index (κ3) is 2.91. The summed E-state index contributed by atoms with van der Waals surface area (Å²) in [6.07, 6.45) is 2.58. The standard InChI is InChI=1S/C14H17ClN2O2S/c1-9(18)10-4-5-17(7-10)8-11-6-16-19-14(11)12-2-3-13(15)20-12/h2-3,6,9-10,18H,4-5,7-8H2,1H3. The third-order valence-electron chi connectivity index (χ3n) is 3.83. The van der Waals surface area contributed by atoms with Crippen LogP contribution in [-0.4, -0.2) is 34.4 Å². The van der Waals surface area contributed by atoms with Gasteiger partial charge in [0.1, 0.15) is 0 Å². The van der Waals surface area contributed by atoms with E-state index in [0.29, 0.717) is 5.92 Å². The molecule has 6 heteroatoms. The first kappa shape index (κ1) is 14.1. The number of likely N-dealkylation sites (tertiary alicyclic amines) is 1. The fourth-order valence-electron chi connectivity index (χ4n) is 2.65. The zero-order chi connectivity index (χ0) is 14.1. The number of thiophene rings is 1. The Balaban J connectivity index is 1.72. The minimum atomic E-state index is -0.238. The largest absolute Gasteiger partial charge is 0.393 e. The number of aromatic nitrogens is 1. The van der Waals surface area contributed by atoms with Gasteiger partial charge in [0.15, 0.2) is 5.76 Å². The van der Waals surface area contributed by atoms with E-state index in [1.165, 1.54) is 11.3 Å². The summed E-state index contributed by atoms with van der Waals surface area (Å²) in [5, 5.41) is 13.6. The van der Waals surface area contributed by atoms with Crippen molar-refractivity contribution in [1.82, 2.24) is 10.1 Å². The first-order chi connectivity index (χ1) is 9.63. The minimum Gasteiger partial charge on any atom is -0.393 e. The fourth-order valence-corrected chi connectivity index (χ4v) is 3.71. The van der Waals surface area contributed by atoms with E-state index in [9.17, 15) is 5.11 Å². The third-order valence-corrected chi connectivity index (χ3v) is 5.06. The monoisotopic (exact) mass is 312 g/mol. The highest BCUT2D eigenvalue weighted by molar-refractivity contribution is 7.19. The molecule has 3 heterocycles. The van der Waals surface area contributed by atoms with Gasteiger partial charge >= 0.3 is 0 Å². The van der Waals surface area contributed by atoms with Gasteiger partial charge < -0.3 is 9.63 Å². The molecule has 0 aromatic carbocycles. The second-order valence-corrected chi connectivity index (χ2v) is 7.02. The van der Waals surface area contributed by atoms with E-state index in [1.54, 1.807) is 6.20 Å². The number of hydrogen-bond acceptors (Lipinski definition) is 5. The molecule has 1 aliphatic heterocycles. The lowest BCUT2D eigenvalue weighted by atomic mass is 10.0. The Morgan fingerprint density at radius 2 is 2.45 bits per heavy atom. The maximum atomic E-state index is 9.66. The molecule has 0 aliphatic carbocycles. The van der Waals surface area contributed by atoms with Crippen LogP contribution in [0.1, 0.15) is 18.9 Å². The Hall–Kier alpha value is -0.880. The SMILES string of the molecule is CC(O)C1CCN(Cc2cnoc2-c2ccc(Cl)s2)C1. The fraction of sp³-hybridized carbons (Fsp3) is 0.500. The highest BCUT2D eigenvalue weighted by Crippen LogP contribution is 2.34. The van der Waals surface area contributed by atoms with Crippen molar-refractivity contribution in [3.63, 3.8) is 0 Å². The van der Waals surface area contributed by atoms with Crippen LogP contribution in [0.25, 0.3) is 10.6 Å². The van der Waals surface area contributed by atoms with Crippen LogP contribution in [0.4, 0.5) is 0 Å². The van der Waals surface area contributed by atoms with Crippen molar-refractivity contribution in [3.8, 4) is 10.6 Å². The van der Waals surface area contributed by atoms with Crippen LogP contribution in [-0.2, 0) is 6.54 Å². The maximum Gasteiger partial charge on any atom is 0.181 e. The molecule has 0 radical (unpaired) electrons. The van der Waals surface area contributed by atoms with Gasteiger partial charge in [0.25, 0.3) is 0 Å². The number of aliphatic hydroxyl groups excluding tert-OH is 1. The molecule has 0 spiro atoms. The van der Waals surface area contributed by atoms with Gasteiger partial charge in [-0.2, -0.15) is 0 Å². The molecule has 0 amide bonds. The molecule has 1 N–H and O–H groups in total. The molecule has 0 bridgehead atoms. The lowest BCUT2D eigenvalue weighted by molar-refractivity contribution is 0.127. The van der Waals surface area contributed by atoms with E-state index in [2.05, 4.69) is 10.1 Å². The van der Waals surface area contributed by atoms with Crippen molar-refractivity contribution in [1.29, 1.82) is 0 Å². The van der Waals surface area contributed by atoms with Crippen LogP contribution in [0, 0.1) is 5.92 Å². The molecule has 2 aromatic rings. The van der Waals surface area contributed by atoms with E-state index in [1.807, 2.05) is 19.1 Å². The van der Waals surface area contributed by atoms with E-state index >= 15 is 0 Å². The molecule has 3 rings (SSSR count). The van der Waals surface area contributed by atoms with Crippen LogP contribution in [0.15, 0.2) is 22.9 Å². The topological polar surface area (TPSA) is 49.5 Å². The highest BCUT2D eigenvalue weighted by atomic mass is 35.5. The smallest absolute Gasteiger partial charge is 0.181 e. The highest BCUT2D eigenvalue weighted by Gasteiger charge is 2.27. The van der Waals surface area contributed by atoms with Crippen LogP contribution in [0.5, 0.6) is 0 Å². The molecule has 0 saturated carbocycles. The molecule has 2 unspecified atom stereocenters. The second-order valence-electron chi connectivity index (χ2n) is 5.31. The first-order valence-corrected chi connectivity index (χ1v) is 7.92. The summed E-state index contributed by atoms with van der Waals surface area (Å²) < 4.78 is 6.12. The second kappa shape index (κ2) is 5.85. The predicted molar refractivity (Wildman–Crippen MR) is 79.9 cm³/mol. The predicted octanol–water partition coefficient (Wildman–Crippen LogP) is 3.26. The first-order valence-electron chi connectivity index (χ1n) is 6.73. The van der Waals surface area contributed by atoms with Gasteiger partial charge in [0.2, 0.25) is 0 Å². The zero-order valence-corrected chi connectivity index (χ0v) is 12.8. The summed E-state index contributed by atoms with van der Waals surface area (Å²) in [5.74, 6) is 1.18. The quantitative estimate of drug-likeness (QED) is 0.941. The van der Waals surface area contributed by atoms with Crippen molar-refractivity contribution in [3.05, 3.63) is 28.2 Å². The molecular weight excluding hydrogens is 296 g/mol. The molecule has 1 aliphatic rings. The van der Waals surface area contributed by atoms with E-state index < -0.39 is 0 Å². The Bertz CT molecular complexity index is 581. The van der Waals surface area contributed by atoms with Gasteiger partial charge in [0, 0.05) is 18.7 Å². The Morgan fingerprint density at radius 3 is 3.10 bits per heavy atom. The van der Waals surface area contributed by atoms with E-state index in [-0.39, 0.29) is 6.10 Å². The van der Waals surface area contributed by atoms with Crippen molar-refractivity contribution in [2.45, 2.75) is 26.0 Å². The molecule has 1 saturated heterocycles. The van der Waals surface area contributed by atoms with E-state index in [0.717, 1.165) is 46.6 Å². The minimum absolute atomic E-state index is 0.238. The molecule has 4 nitrogen and oxygen atoms in total. The summed E-state index contributed by atoms with van der Waals surface area (Å²) in [7, 11) is 0. The van der Waals surface area contributed by atoms with Gasteiger partial charge in [0.05, 0.1) is 21.5 Å². The normalized spacial score (nSPS) is 21.4. The van der Waals surface area contributed by atoms with Gasteiger partial charge in [-0.05, 0) is 37.9 Å². The number of hydrogen-bond donors (Lipinski definition) is 1. The molecule has 20 heavy (non-hydrogen) atoms. The van der Waals surface area contributed by atoms with Crippen molar-refractivity contribution in [2.75, 3.05) is 13.1 Å². The Labute approximate surface area is 127 Å².